The van der Waals surface area contributed by atoms with Crippen molar-refractivity contribution in [1.29, 1.82) is 0 Å². The summed E-state index contributed by atoms with van der Waals surface area (Å²) in [6, 6.07) is 8.99. The van der Waals surface area contributed by atoms with Crippen molar-refractivity contribution in [3.05, 3.63) is 75.3 Å². The fourth-order valence-electron chi connectivity index (χ4n) is 3.75. The summed E-state index contributed by atoms with van der Waals surface area (Å²) in [5.41, 5.74) is 3.75. The van der Waals surface area contributed by atoms with Gasteiger partial charge in [-0.15, -0.1) is 11.3 Å². The van der Waals surface area contributed by atoms with Crippen LogP contribution in [-0.2, 0) is 13.5 Å². The molecule has 0 saturated carbocycles. The van der Waals surface area contributed by atoms with Gasteiger partial charge in [-0.1, -0.05) is 0 Å². The van der Waals surface area contributed by atoms with Crippen molar-refractivity contribution in [2.75, 3.05) is 11.9 Å². The number of ether oxygens (including phenoxy) is 1. The van der Waals surface area contributed by atoms with Crippen LogP contribution in [0.15, 0.2) is 53.7 Å². The predicted octanol–water partition coefficient (Wildman–Crippen LogP) is 3.58. The van der Waals surface area contributed by atoms with Gasteiger partial charge in [0.15, 0.2) is 5.13 Å². The number of carbonyl (C=O) groups excluding carboxylic acids is 1. The molecule has 32 heavy (non-hydrogen) atoms. The molecular weight excluding hydrogens is 426 g/mol. The summed E-state index contributed by atoms with van der Waals surface area (Å²) in [7, 11) is 1.77. The lowest BCUT2D eigenvalue weighted by atomic mass is 10.0. The standard InChI is InChI=1S/C23H21N5O3S/c1-14-21(16-5-7-19-15(10-16)4-3-9-31-19)25-23(32-14)26-22(30)17-6-8-20(29)28(12-17)18-11-24-27(2)13-18/h5-8,10-13H,3-4,9H2,1-2H3,(H,25,26,30). The molecule has 0 fully saturated rings. The molecule has 9 heteroatoms. The van der Waals surface area contributed by atoms with Crippen LogP contribution in [0.4, 0.5) is 5.13 Å². The molecule has 4 heterocycles. The molecule has 0 aliphatic carbocycles. The van der Waals surface area contributed by atoms with Crippen LogP contribution in [0, 0.1) is 6.92 Å². The molecule has 0 saturated heterocycles. The third-order valence-electron chi connectivity index (χ3n) is 5.34. The number of pyridine rings is 1. The third-order valence-corrected chi connectivity index (χ3v) is 6.23. The zero-order valence-corrected chi connectivity index (χ0v) is 18.5. The molecular formula is C23H21N5O3S. The lowest BCUT2D eigenvalue weighted by molar-refractivity contribution is 0.102. The third kappa shape index (κ3) is 3.82. The number of nitrogens with one attached hydrogen (secondary N) is 1. The Kier molecular flexibility index (Phi) is 5.10. The van der Waals surface area contributed by atoms with Crippen LogP contribution in [0.25, 0.3) is 16.9 Å². The highest BCUT2D eigenvalue weighted by Crippen LogP contribution is 2.34. The largest absolute Gasteiger partial charge is 0.493 e. The highest BCUT2D eigenvalue weighted by Gasteiger charge is 2.17. The molecule has 3 aromatic heterocycles. The van der Waals surface area contributed by atoms with E-state index < -0.39 is 0 Å². The summed E-state index contributed by atoms with van der Waals surface area (Å²) >= 11 is 1.42. The van der Waals surface area contributed by atoms with Crippen LogP contribution < -0.4 is 15.6 Å². The number of fused-ring (bicyclic) bond motifs is 1. The number of benzene rings is 1. The molecule has 5 rings (SSSR count). The smallest absolute Gasteiger partial charge is 0.258 e. The molecule has 0 bridgehead atoms. The van der Waals surface area contributed by atoms with Crippen molar-refractivity contribution < 1.29 is 9.53 Å². The van der Waals surface area contributed by atoms with E-state index in [4.69, 9.17) is 4.74 Å². The van der Waals surface area contributed by atoms with E-state index in [1.807, 2.05) is 19.1 Å². The van der Waals surface area contributed by atoms with Crippen molar-refractivity contribution in [3.8, 4) is 22.7 Å². The van der Waals surface area contributed by atoms with Gasteiger partial charge >= 0.3 is 0 Å². The summed E-state index contributed by atoms with van der Waals surface area (Å²) in [6.45, 7) is 2.74. The minimum Gasteiger partial charge on any atom is -0.493 e. The van der Waals surface area contributed by atoms with E-state index in [-0.39, 0.29) is 11.5 Å². The first-order valence-corrected chi connectivity index (χ1v) is 11.1. The Morgan fingerprint density at radius 1 is 1.22 bits per heavy atom. The number of hydrogen-bond acceptors (Lipinski definition) is 6. The van der Waals surface area contributed by atoms with Crippen LogP contribution in [-0.4, -0.2) is 31.8 Å². The number of anilines is 1. The maximum atomic E-state index is 12.9. The van der Waals surface area contributed by atoms with Gasteiger partial charge in [-0.05, 0) is 49.6 Å². The second kappa shape index (κ2) is 8.08. The molecule has 1 aliphatic heterocycles. The van der Waals surface area contributed by atoms with Gasteiger partial charge in [-0.2, -0.15) is 5.10 Å². The van der Waals surface area contributed by atoms with Gasteiger partial charge in [0.2, 0.25) is 0 Å². The van der Waals surface area contributed by atoms with E-state index in [0.29, 0.717) is 16.4 Å². The topological polar surface area (TPSA) is 91.0 Å². The second-order valence-electron chi connectivity index (χ2n) is 7.65. The number of thiazole rings is 1. The number of nitrogens with zero attached hydrogens (tertiary/aromatic N) is 4. The summed E-state index contributed by atoms with van der Waals surface area (Å²) in [6.07, 6.45) is 6.80. The number of carbonyl (C=O) groups is 1. The van der Waals surface area contributed by atoms with E-state index in [1.165, 1.54) is 39.8 Å². The molecule has 1 amide bonds. The van der Waals surface area contributed by atoms with Gasteiger partial charge in [0.25, 0.3) is 11.5 Å². The van der Waals surface area contributed by atoms with Gasteiger partial charge in [-0.3, -0.25) is 24.2 Å². The van der Waals surface area contributed by atoms with Crippen molar-refractivity contribution in [2.24, 2.45) is 7.05 Å². The number of amides is 1. The molecule has 1 aliphatic rings. The molecule has 4 aromatic rings. The van der Waals surface area contributed by atoms with E-state index in [2.05, 4.69) is 21.5 Å². The average Bonchev–Trinajstić information content (AvgIpc) is 3.38. The second-order valence-corrected chi connectivity index (χ2v) is 8.85. The van der Waals surface area contributed by atoms with Crippen LogP contribution in [0.2, 0.25) is 0 Å². The molecule has 162 valence electrons. The summed E-state index contributed by atoms with van der Waals surface area (Å²) in [4.78, 5) is 30.8. The molecule has 0 atom stereocenters. The van der Waals surface area contributed by atoms with Gasteiger partial charge in [0, 0.05) is 35.9 Å². The fourth-order valence-corrected chi connectivity index (χ4v) is 4.58. The molecule has 1 aromatic carbocycles. The van der Waals surface area contributed by atoms with Gasteiger partial charge < -0.3 is 4.74 Å². The Balaban J connectivity index is 1.40. The van der Waals surface area contributed by atoms with Crippen molar-refractivity contribution in [3.63, 3.8) is 0 Å². The number of aromatic nitrogens is 4. The van der Waals surface area contributed by atoms with E-state index in [1.54, 1.807) is 24.1 Å². The van der Waals surface area contributed by atoms with E-state index >= 15 is 0 Å². The van der Waals surface area contributed by atoms with Crippen LogP contribution in [0.5, 0.6) is 5.75 Å². The van der Waals surface area contributed by atoms with Crippen molar-refractivity contribution in [1.82, 2.24) is 19.3 Å². The SMILES string of the molecule is Cc1sc(NC(=O)c2ccc(=O)n(-c3cnn(C)c3)c2)nc1-c1ccc2c(c1)CCCO2. The number of rotatable bonds is 4. The fraction of sp³-hybridized carbons (Fsp3) is 0.217. The van der Waals surface area contributed by atoms with E-state index in [9.17, 15) is 9.59 Å². The Labute approximate surface area is 188 Å². The summed E-state index contributed by atoms with van der Waals surface area (Å²) in [5.74, 6) is 0.604. The minimum absolute atomic E-state index is 0.238. The lowest BCUT2D eigenvalue weighted by Gasteiger charge is -2.17. The molecule has 1 N–H and O–H groups in total. The summed E-state index contributed by atoms with van der Waals surface area (Å²) in [5, 5.41) is 7.46. The van der Waals surface area contributed by atoms with Crippen LogP contribution in [0.1, 0.15) is 27.2 Å². The number of aryl methyl sites for hydroxylation is 3. The summed E-state index contributed by atoms with van der Waals surface area (Å²) < 4.78 is 8.70. The lowest BCUT2D eigenvalue weighted by Crippen LogP contribution is -2.20. The minimum atomic E-state index is -0.332. The van der Waals surface area contributed by atoms with Crippen molar-refractivity contribution in [2.45, 2.75) is 19.8 Å². The van der Waals surface area contributed by atoms with E-state index in [0.717, 1.165) is 41.3 Å². The molecule has 0 radical (unpaired) electrons. The Hall–Kier alpha value is -3.72. The highest BCUT2D eigenvalue weighted by molar-refractivity contribution is 7.16. The zero-order valence-electron chi connectivity index (χ0n) is 17.7. The van der Waals surface area contributed by atoms with Crippen molar-refractivity contribution >= 4 is 22.4 Å². The molecule has 8 nitrogen and oxygen atoms in total. The highest BCUT2D eigenvalue weighted by atomic mass is 32.1. The van der Waals surface area contributed by atoms with Crippen LogP contribution >= 0.6 is 11.3 Å². The Bertz CT molecular complexity index is 1380. The Morgan fingerprint density at radius 2 is 2.09 bits per heavy atom. The van der Waals surface area contributed by atoms with Gasteiger partial charge in [-0.25, -0.2) is 4.98 Å². The predicted molar refractivity (Wildman–Crippen MR) is 123 cm³/mol. The normalized spacial score (nSPS) is 12.8. The van der Waals surface area contributed by atoms with Gasteiger partial charge in [0.05, 0.1) is 29.7 Å². The number of hydrogen-bond donors (Lipinski definition) is 1. The van der Waals surface area contributed by atoms with Crippen LogP contribution in [0.3, 0.4) is 0 Å². The molecule has 0 unspecified atom stereocenters. The first-order chi connectivity index (χ1) is 15.5. The monoisotopic (exact) mass is 447 g/mol. The first-order valence-electron chi connectivity index (χ1n) is 10.2. The Morgan fingerprint density at radius 3 is 2.91 bits per heavy atom. The molecule has 0 spiro atoms. The maximum Gasteiger partial charge on any atom is 0.258 e. The maximum absolute atomic E-state index is 12.9. The quantitative estimate of drug-likeness (QED) is 0.516. The average molecular weight is 448 g/mol. The zero-order chi connectivity index (χ0) is 22.2. The van der Waals surface area contributed by atoms with Gasteiger partial charge in [0.1, 0.15) is 5.75 Å². The first kappa shape index (κ1) is 20.2.